The fourth-order valence-corrected chi connectivity index (χ4v) is 5.32. The number of benzene rings is 2. The molecule has 3 nitrogen and oxygen atoms in total. The van der Waals surface area contributed by atoms with E-state index in [0.29, 0.717) is 0 Å². The Morgan fingerprint density at radius 3 is 2.33 bits per heavy atom. The Morgan fingerprint density at radius 1 is 0.800 bits per heavy atom. The lowest BCUT2D eigenvalue weighted by atomic mass is 9.89. The molecule has 30 heavy (non-hydrogen) atoms. The van der Waals surface area contributed by atoms with E-state index in [1.54, 1.807) is 5.56 Å². The molecular weight excluding hydrogens is 390 g/mol. The van der Waals surface area contributed by atoms with E-state index < -0.39 is 0 Å². The van der Waals surface area contributed by atoms with Gasteiger partial charge in [-0.05, 0) is 87.0 Å². The molecule has 3 aromatic rings. The zero-order valence-electron chi connectivity index (χ0n) is 17.9. The number of piperidine rings is 1. The lowest BCUT2D eigenvalue weighted by molar-refractivity contribution is 0.198. The van der Waals surface area contributed by atoms with Crippen molar-refractivity contribution in [2.45, 2.75) is 44.6 Å². The Balaban J connectivity index is 0.00000218. The molecule has 4 heteroatoms. The highest BCUT2D eigenvalue weighted by molar-refractivity contribution is 5.85. The minimum absolute atomic E-state index is 0. The quantitative estimate of drug-likeness (QED) is 0.520. The minimum atomic E-state index is 0. The SMILES string of the molecule is Cl.c1ccc2c(c1)CCN(CCCCN1CCC(c3c[nH]c4ccccc34)CC1)C2. The van der Waals surface area contributed by atoms with Crippen molar-refractivity contribution in [3.8, 4) is 0 Å². The molecule has 0 bridgehead atoms. The summed E-state index contributed by atoms with van der Waals surface area (Å²) < 4.78 is 0. The summed E-state index contributed by atoms with van der Waals surface area (Å²) in [6, 6.07) is 17.7. The zero-order chi connectivity index (χ0) is 19.5. The van der Waals surface area contributed by atoms with Crippen LogP contribution >= 0.6 is 12.4 Å². The van der Waals surface area contributed by atoms with Crippen LogP contribution in [0, 0.1) is 0 Å². The molecule has 3 heterocycles. The molecule has 0 radical (unpaired) electrons. The summed E-state index contributed by atoms with van der Waals surface area (Å²) in [7, 11) is 0. The van der Waals surface area contributed by atoms with Gasteiger partial charge in [-0.15, -0.1) is 12.4 Å². The molecule has 1 aromatic heterocycles. The van der Waals surface area contributed by atoms with Crippen LogP contribution in [0.5, 0.6) is 0 Å². The van der Waals surface area contributed by atoms with Gasteiger partial charge in [0, 0.05) is 30.2 Å². The second kappa shape index (κ2) is 10.00. The van der Waals surface area contributed by atoms with Crippen molar-refractivity contribution in [3.05, 3.63) is 71.4 Å². The highest BCUT2D eigenvalue weighted by Gasteiger charge is 2.22. The summed E-state index contributed by atoms with van der Waals surface area (Å²) in [5, 5.41) is 1.43. The van der Waals surface area contributed by atoms with E-state index in [2.05, 4.69) is 69.5 Å². The monoisotopic (exact) mass is 423 g/mol. The number of likely N-dealkylation sites (tertiary alicyclic amines) is 1. The van der Waals surface area contributed by atoms with Crippen LogP contribution in [0.25, 0.3) is 10.9 Å². The Bertz CT molecular complexity index is 942. The number of H-pyrrole nitrogens is 1. The lowest BCUT2D eigenvalue weighted by Crippen LogP contribution is -2.34. The van der Waals surface area contributed by atoms with Gasteiger partial charge in [0.25, 0.3) is 0 Å². The van der Waals surface area contributed by atoms with Crippen molar-refractivity contribution in [1.29, 1.82) is 0 Å². The number of aromatic nitrogens is 1. The fraction of sp³-hybridized carbons (Fsp3) is 0.462. The zero-order valence-corrected chi connectivity index (χ0v) is 18.7. The highest BCUT2D eigenvalue weighted by Crippen LogP contribution is 2.33. The average Bonchev–Trinajstić information content (AvgIpc) is 3.21. The van der Waals surface area contributed by atoms with Crippen LogP contribution in [0.15, 0.2) is 54.7 Å². The summed E-state index contributed by atoms with van der Waals surface area (Å²) in [5.74, 6) is 0.718. The van der Waals surface area contributed by atoms with E-state index in [1.807, 2.05) is 0 Å². The van der Waals surface area contributed by atoms with Gasteiger partial charge in [-0.25, -0.2) is 0 Å². The molecule has 2 aliphatic rings. The predicted octanol–water partition coefficient (Wildman–Crippen LogP) is 5.61. The van der Waals surface area contributed by atoms with Crippen molar-refractivity contribution in [2.75, 3.05) is 32.7 Å². The van der Waals surface area contributed by atoms with E-state index in [-0.39, 0.29) is 12.4 Å². The third kappa shape index (κ3) is 4.74. The normalized spacial score (nSPS) is 18.3. The van der Waals surface area contributed by atoms with Gasteiger partial charge in [-0.2, -0.15) is 0 Å². The first-order valence-corrected chi connectivity index (χ1v) is 11.4. The summed E-state index contributed by atoms with van der Waals surface area (Å²) >= 11 is 0. The number of nitrogens with one attached hydrogen (secondary N) is 1. The van der Waals surface area contributed by atoms with Crippen molar-refractivity contribution >= 4 is 23.3 Å². The number of hydrogen-bond acceptors (Lipinski definition) is 2. The standard InChI is InChI=1S/C26H33N3.ClH/c1-2-8-23-20-29(18-11-21(23)7-1)15-6-5-14-28-16-12-22(13-17-28)25-19-27-26-10-4-3-9-24(25)26;/h1-4,7-10,19,22,27H,5-6,11-18,20H2;1H. The molecule has 0 saturated carbocycles. The first-order valence-electron chi connectivity index (χ1n) is 11.4. The average molecular weight is 424 g/mol. The smallest absolute Gasteiger partial charge is 0.0456 e. The largest absolute Gasteiger partial charge is 0.361 e. The van der Waals surface area contributed by atoms with E-state index in [0.717, 1.165) is 12.5 Å². The molecule has 0 amide bonds. The fourth-order valence-electron chi connectivity index (χ4n) is 5.32. The van der Waals surface area contributed by atoms with Gasteiger partial charge in [-0.3, -0.25) is 4.90 Å². The van der Waals surface area contributed by atoms with Gasteiger partial charge in [0.1, 0.15) is 0 Å². The van der Waals surface area contributed by atoms with E-state index in [4.69, 9.17) is 0 Å². The maximum Gasteiger partial charge on any atom is 0.0456 e. The summed E-state index contributed by atoms with van der Waals surface area (Å²) in [6.45, 7) is 7.40. The van der Waals surface area contributed by atoms with Crippen LogP contribution in [-0.4, -0.2) is 47.5 Å². The van der Waals surface area contributed by atoms with E-state index in [1.165, 1.54) is 86.9 Å². The maximum atomic E-state index is 3.46. The first kappa shape index (κ1) is 21.4. The Labute approximate surface area is 186 Å². The Hall–Kier alpha value is -1.81. The molecule has 1 N–H and O–H groups in total. The predicted molar refractivity (Wildman–Crippen MR) is 129 cm³/mol. The molecule has 2 aliphatic heterocycles. The van der Waals surface area contributed by atoms with Crippen molar-refractivity contribution in [2.24, 2.45) is 0 Å². The molecule has 0 spiro atoms. The molecule has 1 saturated heterocycles. The topological polar surface area (TPSA) is 22.3 Å². The van der Waals surface area contributed by atoms with Crippen molar-refractivity contribution in [1.82, 2.24) is 14.8 Å². The molecule has 0 unspecified atom stereocenters. The molecule has 160 valence electrons. The number of para-hydroxylation sites is 1. The van der Waals surface area contributed by atoms with Crippen molar-refractivity contribution in [3.63, 3.8) is 0 Å². The summed E-state index contributed by atoms with van der Waals surface area (Å²) in [5.41, 5.74) is 5.91. The third-order valence-corrected chi connectivity index (χ3v) is 7.06. The Morgan fingerprint density at radius 2 is 1.50 bits per heavy atom. The first-order chi connectivity index (χ1) is 14.4. The lowest BCUT2D eigenvalue weighted by Gasteiger charge is -2.32. The second-order valence-corrected chi connectivity index (χ2v) is 8.91. The second-order valence-electron chi connectivity index (χ2n) is 8.91. The highest BCUT2D eigenvalue weighted by atomic mass is 35.5. The van der Waals surface area contributed by atoms with Crippen LogP contribution in [0.1, 0.15) is 48.3 Å². The van der Waals surface area contributed by atoms with Gasteiger partial charge in [0.15, 0.2) is 0 Å². The number of nitrogens with zero attached hydrogens (tertiary/aromatic N) is 2. The summed E-state index contributed by atoms with van der Waals surface area (Å²) in [4.78, 5) is 8.79. The molecule has 0 aliphatic carbocycles. The number of rotatable bonds is 6. The van der Waals surface area contributed by atoms with Crippen LogP contribution in [-0.2, 0) is 13.0 Å². The minimum Gasteiger partial charge on any atom is -0.361 e. The molecule has 5 rings (SSSR count). The van der Waals surface area contributed by atoms with Crippen LogP contribution in [0.3, 0.4) is 0 Å². The maximum absolute atomic E-state index is 3.46. The molecule has 0 atom stereocenters. The number of fused-ring (bicyclic) bond motifs is 2. The number of aromatic amines is 1. The molecule has 1 fully saturated rings. The molecule has 2 aromatic carbocycles. The number of hydrogen-bond donors (Lipinski definition) is 1. The van der Waals surface area contributed by atoms with Crippen LogP contribution in [0.2, 0.25) is 0 Å². The van der Waals surface area contributed by atoms with Crippen LogP contribution in [0.4, 0.5) is 0 Å². The summed E-state index contributed by atoms with van der Waals surface area (Å²) in [6.07, 6.45) is 8.72. The number of halogens is 1. The Kier molecular flexibility index (Phi) is 7.14. The van der Waals surface area contributed by atoms with Gasteiger partial charge < -0.3 is 9.88 Å². The number of unbranched alkanes of at least 4 members (excludes halogenated alkanes) is 1. The van der Waals surface area contributed by atoms with E-state index >= 15 is 0 Å². The van der Waals surface area contributed by atoms with E-state index in [9.17, 15) is 0 Å². The van der Waals surface area contributed by atoms with Gasteiger partial charge in [0.2, 0.25) is 0 Å². The third-order valence-electron chi connectivity index (χ3n) is 7.06. The van der Waals surface area contributed by atoms with Gasteiger partial charge in [0.05, 0.1) is 0 Å². The van der Waals surface area contributed by atoms with Gasteiger partial charge >= 0.3 is 0 Å². The molecular formula is C26H34ClN3. The van der Waals surface area contributed by atoms with Crippen molar-refractivity contribution < 1.29 is 0 Å². The van der Waals surface area contributed by atoms with Gasteiger partial charge in [-0.1, -0.05) is 42.5 Å². The van der Waals surface area contributed by atoms with Crippen LogP contribution < -0.4 is 0 Å².